The van der Waals surface area contributed by atoms with E-state index in [-0.39, 0.29) is 18.3 Å². The minimum atomic E-state index is -0.981. The summed E-state index contributed by atoms with van der Waals surface area (Å²) >= 11 is 0. The van der Waals surface area contributed by atoms with Gasteiger partial charge in [-0.15, -0.1) is 0 Å². The molecule has 0 aliphatic carbocycles. The highest BCUT2D eigenvalue weighted by atomic mass is 16.6. The number of ether oxygens (including phenoxy) is 2. The van der Waals surface area contributed by atoms with Crippen LogP contribution in [0, 0.1) is 0 Å². The van der Waals surface area contributed by atoms with Crippen LogP contribution in [-0.2, 0) is 4.74 Å². The Bertz CT molecular complexity index is 428. The van der Waals surface area contributed by atoms with Crippen molar-refractivity contribution in [3.63, 3.8) is 0 Å². The van der Waals surface area contributed by atoms with Gasteiger partial charge in [0.15, 0.2) is 6.10 Å². The molecule has 1 fully saturated rings. The maximum Gasteiger partial charge on any atom is 0.407 e. The Labute approximate surface area is 97.1 Å². The molecule has 2 N–H and O–H groups in total. The molecule has 0 aromatic heterocycles. The second-order valence-electron chi connectivity index (χ2n) is 3.55. The predicted molar refractivity (Wildman–Crippen MR) is 57.2 cm³/mol. The summed E-state index contributed by atoms with van der Waals surface area (Å²) in [4.78, 5) is 21.3. The van der Waals surface area contributed by atoms with Gasteiger partial charge in [-0.3, -0.25) is 0 Å². The molecule has 17 heavy (non-hydrogen) atoms. The first kappa shape index (κ1) is 11.3. The normalized spacial score (nSPS) is 18.4. The van der Waals surface area contributed by atoms with Crippen molar-refractivity contribution < 1.29 is 24.2 Å². The molecule has 6 heteroatoms. The van der Waals surface area contributed by atoms with E-state index in [0.717, 1.165) is 0 Å². The molecule has 1 aromatic rings. The molecule has 1 aliphatic rings. The summed E-state index contributed by atoms with van der Waals surface area (Å²) in [5.74, 6) is -0.441. The van der Waals surface area contributed by atoms with Crippen LogP contribution in [-0.4, -0.2) is 36.4 Å². The molecule has 1 heterocycles. The van der Waals surface area contributed by atoms with Gasteiger partial charge in [-0.25, -0.2) is 9.59 Å². The molecular formula is C11H11NO5. The summed E-state index contributed by atoms with van der Waals surface area (Å²) in [6, 6.07) is 6.04. The fourth-order valence-corrected chi connectivity index (χ4v) is 1.41. The predicted octanol–water partition coefficient (Wildman–Crippen LogP) is 0.872. The topological polar surface area (TPSA) is 84.9 Å². The molecule has 0 spiro atoms. The van der Waals surface area contributed by atoms with E-state index in [1.807, 2.05) is 0 Å². The molecule has 1 atom stereocenters. The van der Waals surface area contributed by atoms with Gasteiger partial charge in [-0.1, -0.05) is 0 Å². The summed E-state index contributed by atoms with van der Waals surface area (Å²) in [6.45, 7) is 0.664. The zero-order valence-electron chi connectivity index (χ0n) is 8.88. The molecule has 1 aliphatic heterocycles. The summed E-state index contributed by atoms with van der Waals surface area (Å²) in [5, 5.41) is 11.2. The van der Waals surface area contributed by atoms with Crippen LogP contribution in [0.3, 0.4) is 0 Å². The quantitative estimate of drug-likeness (QED) is 0.811. The molecule has 1 amide bonds. The van der Waals surface area contributed by atoms with E-state index >= 15 is 0 Å². The van der Waals surface area contributed by atoms with Crippen molar-refractivity contribution in [1.29, 1.82) is 0 Å². The highest BCUT2D eigenvalue weighted by molar-refractivity contribution is 5.87. The average Bonchev–Trinajstić information content (AvgIpc) is 2.73. The number of carboxylic acid groups (broad SMARTS) is 1. The molecule has 90 valence electrons. The Morgan fingerprint density at radius 1 is 1.47 bits per heavy atom. The lowest BCUT2D eigenvalue weighted by Gasteiger charge is -2.10. The Morgan fingerprint density at radius 3 is 2.71 bits per heavy atom. The smallest absolute Gasteiger partial charge is 0.407 e. The van der Waals surface area contributed by atoms with Crippen LogP contribution in [0.1, 0.15) is 10.4 Å². The lowest BCUT2D eigenvalue weighted by atomic mass is 10.2. The number of rotatable bonds is 4. The summed E-state index contributed by atoms with van der Waals surface area (Å²) in [7, 11) is 0. The molecule has 1 unspecified atom stereocenters. The zero-order valence-corrected chi connectivity index (χ0v) is 8.88. The Kier molecular flexibility index (Phi) is 3.13. The molecule has 2 rings (SSSR count). The van der Waals surface area contributed by atoms with Gasteiger partial charge in [0.2, 0.25) is 0 Å². The lowest BCUT2D eigenvalue weighted by Crippen LogP contribution is -2.21. The second-order valence-corrected chi connectivity index (χ2v) is 3.55. The maximum absolute atomic E-state index is 10.7. The number of carbonyl (C=O) groups excluding carboxylic acids is 1. The van der Waals surface area contributed by atoms with Gasteiger partial charge in [0.25, 0.3) is 0 Å². The van der Waals surface area contributed by atoms with Gasteiger partial charge in [0, 0.05) is 0 Å². The number of nitrogens with one attached hydrogen (secondary N) is 1. The third-order valence-electron chi connectivity index (χ3n) is 2.28. The minimum absolute atomic E-state index is 0.200. The number of aromatic carboxylic acids is 1. The van der Waals surface area contributed by atoms with Crippen molar-refractivity contribution in [2.45, 2.75) is 6.10 Å². The molecule has 0 saturated carbocycles. The third kappa shape index (κ3) is 2.87. The number of carboxylic acids is 1. The van der Waals surface area contributed by atoms with Crippen molar-refractivity contribution in [1.82, 2.24) is 5.32 Å². The molecular weight excluding hydrogens is 226 g/mol. The van der Waals surface area contributed by atoms with Crippen LogP contribution in [0.2, 0.25) is 0 Å². The largest absolute Gasteiger partial charge is 0.490 e. The Balaban J connectivity index is 1.87. The van der Waals surface area contributed by atoms with Gasteiger partial charge in [0.05, 0.1) is 12.1 Å². The fourth-order valence-electron chi connectivity index (χ4n) is 1.41. The van der Waals surface area contributed by atoms with Gasteiger partial charge in [-0.05, 0) is 24.3 Å². The SMILES string of the molecule is O=C1NCC(COc2ccc(C(=O)O)cc2)O1. The van der Waals surface area contributed by atoms with Crippen LogP contribution in [0.4, 0.5) is 4.79 Å². The van der Waals surface area contributed by atoms with Crippen LogP contribution in [0.15, 0.2) is 24.3 Å². The molecule has 1 saturated heterocycles. The first-order valence-electron chi connectivity index (χ1n) is 5.06. The highest BCUT2D eigenvalue weighted by Crippen LogP contribution is 2.13. The second kappa shape index (κ2) is 4.73. The molecule has 0 radical (unpaired) electrons. The summed E-state index contributed by atoms with van der Waals surface area (Å²) in [6.07, 6.45) is -0.749. The van der Waals surface area contributed by atoms with Gasteiger partial charge in [0.1, 0.15) is 12.4 Å². The van der Waals surface area contributed by atoms with E-state index in [9.17, 15) is 9.59 Å². The maximum atomic E-state index is 10.7. The number of amides is 1. The number of carbonyl (C=O) groups is 2. The number of benzene rings is 1. The molecule has 6 nitrogen and oxygen atoms in total. The number of hydrogen-bond donors (Lipinski definition) is 2. The highest BCUT2D eigenvalue weighted by Gasteiger charge is 2.22. The van der Waals surface area contributed by atoms with Crippen LogP contribution >= 0.6 is 0 Å². The van der Waals surface area contributed by atoms with Crippen LogP contribution in [0.25, 0.3) is 0 Å². The fraction of sp³-hybridized carbons (Fsp3) is 0.273. The van der Waals surface area contributed by atoms with E-state index < -0.39 is 12.1 Å². The van der Waals surface area contributed by atoms with Crippen molar-refractivity contribution in [3.05, 3.63) is 29.8 Å². The van der Waals surface area contributed by atoms with E-state index in [1.54, 1.807) is 12.1 Å². The third-order valence-corrected chi connectivity index (χ3v) is 2.28. The summed E-state index contributed by atoms with van der Waals surface area (Å²) < 4.78 is 10.2. The van der Waals surface area contributed by atoms with Gasteiger partial charge in [-0.2, -0.15) is 0 Å². The first-order chi connectivity index (χ1) is 8.15. The van der Waals surface area contributed by atoms with Gasteiger partial charge < -0.3 is 19.9 Å². The monoisotopic (exact) mass is 237 g/mol. The zero-order chi connectivity index (χ0) is 12.3. The minimum Gasteiger partial charge on any atom is -0.490 e. The first-order valence-corrected chi connectivity index (χ1v) is 5.06. The standard InChI is InChI=1S/C11H11NO5/c13-10(14)7-1-3-8(4-2-7)16-6-9-5-12-11(15)17-9/h1-4,9H,5-6H2,(H,12,15)(H,13,14). The van der Waals surface area contributed by atoms with Crippen molar-refractivity contribution in [2.24, 2.45) is 0 Å². The number of alkyl carbamates (subject to hydrolysis) is 1. The van der Waals surface area contributed by atoms with Crippen LogP contribution in [0.5, 0.6) is 5.75 Å². The van der Waals surface area contributed by atoms with Crippen molar-refractivity contribution >= 4 is 12.1 Å². The van der Waals surface area contributed by atoms with E-state index in [4.69, 9.17) is 14.6 Å². The number of hydrogen-bond acceptors (Lipinski definition) is 4. The van der Waals surface area contributed by atoms with Gasteiger partial charge >= 0.3 is 12.1 Å². The number of cyclic esters (lactones) is 1. The Hall–Kier alpha value is -2.24. The average molecular weight is 237 g/mol. The van der Waals surface area contributed by atoms with E-state index in [2.05, 4.69) is 5.32 Å². The Morgan fingerprint density at radius 2 is 2.18 bits per heavy atom. The van der Waals surface area contributed by atoms with Crippen LogP contribution < -0.4 is 10.1 Å². The van der Waals surface area contributed by atoms with E-state index in [0.29, 0.717) is 12.3 Å². The van der Waals surface area contributed by atoms with Crippen molar-refractivity contribution in [3.8, 4) is 5.75 Å². The van der Waals surface area contributed by atoms with Crippen molar-refractivity contribution in [2.75, 3.05) is 13.2 Å². The molecule has 1 aromatic carbocycles. The van der Waals surface area contributed by atoms with E-state index in [1.165, 1.54) is 12.1 Å². The summed E-state index contributed by atoms with van der Waals surface area (Å²) in [5.41, 5.74) is 0.200. The molecule has 0 bridgehead atoms. The lowest BCUT2D eigenvalue weighted by molar-refractivity contribution is 0.0696.